The van der Waals surface area contributed by atoms with Crippen molar-refractivity contribution < 1.29 is 8.42 Å². The molecular formula is C18H25ClN4O2S2. The molecule has 0 radical (unpaired) electrons. The fourth-order valence-electron chi connectivity index (χ4n) is 2.58. The van der Waals surface area contributed by atoms with Crippen LogP contribution >= 0.6 is 22.9 Å². The van der Waals surface area contributed by atoms with Crippen molar-refractivity contribution in [3.63, 3.8) is 0 Å². The monoisotopic (exact) mass is 428 g/mol. The summed E-state index contributed by atoms with van der Waals surface area (Å²) in [6.45, 7) is 5.53. The fourth-order valence-corrected chi connectivity index (χ4v) is 4.51. The highest BCUT2D eigenvalue weighted by atomic mass is 35.5. The number of benzene rings is 1. The molecule has 0 aliphatic rings. The van der Waals surface area contributed by atoms with Crippen LogP contribution in [0.25, 0.3) is 0 Å². The van der Waals surface area contributed by atoms with Crippen molar-refractivity contribution in [3.8, 4) is 0 Å². The van der Waals surface area contributed by atoms with E-state index in [0.717, 1.165) is 27.7 Å². The van der Waals surface area contributed by atoms with Gasteiger partial charge in [-0.25, -0.2) is 13.6 Å². The summed E-state index contributed by atoms with van der Waals surface area (Å²) in [5, 5.41) is 12.4. The fraction of sp³-hybridized carbons (Fsp3) is 0.389. The maximum absolute atomic E-state index is 11.3. The van der Waals surface area contributed by atoms with Crippen molar-refractivity contribution in [2.75, 3.05) is 13.6 Å². The summed E-state index contributed by atoms with van der Waals surface area (Å²) in [5.41, 5.74) is 1.18. The van der Waals surface area contributed by atoms with Crippen LogP contribution in [0.1, 0.15) is 24.3 Å². The van der Waals surface area contributed by atoms with Crippen LogP contribution in [-0.2, 0) is 23.0 Å². The average molecular weight is 429 g/mol. The van der Waals surface area contributed by atoms with E-state index in [1.807, 2.05) is 18.2 Å². The zero-order valence-electron chi connectivity index (χ0n) is 15.6. The molecule has 0 aliphatic heterocycles. The van der Waals surface area contributed by atoms with Gasteiger partial charge in [0.25, 0.3) is 0 Å². The quantitative estimate of drug-likeness (QED) is 0.466. The van der Waals surface area contributed by atoms with Gasteiger partial charge in [-0.1, -0.05) is 37.6 Å². The van der Waals surface area contributed by atoms with E-state index in [1.165, 1.54) is 11.6 Å². The molecule has 0 aliphatic carbocycles. The van der Waals surface area contributed by atoms with Gasteiger partial charge in [0.1, 0.15) is 4.21 Å². The number of halogens is 1. The molecule has 0 bridgehead atoms. The number of primary sulfonamides is 1. The van der Waals surface area contributed by atoms with Crippen molar-refractivity contribution in [3.05, 3.63) is 51.9 Å². The second-order valence-corrected chi connectivity index (χ2v) is 10.4. The Morgan fingerprint density at radius 2 is 2.00 bits per heavy atom. The van der Waals surface area contributed by atoms with Crippen LogP contribution in [-0.4, -0.2) is 28.0 Å². The first-order valence-electron chi connectivity index (χ1n) is 8.39. The van der Waals surface area contributed by atoms with E-state index in [2.05, 4.69) is 35.5 Å². The molecule has 0 amide bonds. The molecule has 4 N–H and O–H groups in total. The van der Waals surface area contributed by atoms with E-state index in [0.29, 0.717) is 19.0 Å². The standard InChI is InChI=1S/C18H25ClN4O2S2/c1-18(2,10-13-5-4-6-14(19)9-13)12-23-17(21-3)22-11-15-7-8-16(26-15)27(20,24)25/h4-9H,10-12H2,1-3H3,(H2,20,24,25)(H2,21,22,23). The van der Waals surface area contributed by atoms with Gasteiger partial charge in [-0.05, 0) is 41.7 Å². The van der Waals surface area contributed by atoms with Gasteiger partial charge in [-0.2, -0.15) is 0 Å². The maximum Gasteiger partial charge on any atom is 0.247 e. The lowest BCUT2D eigenvalue weighted by Crippen LogP contribution is -2.42. The third kappa shape index (κ3) is 7.14. The minimum atomic E-state index is -3.65. The van der Waals surface area contributed by atoms with Gasteiger partial charge in [0.15, 0.2) is 5.96 Å². The molecule has 1 heterocycles. The number of aliphatic imine (C=N–C) groups is 1. The number of nitrogens with zero attached hydrogens (tertiary/aromatic N) is 1. The molecule has 0 atom stereocenters. The van der Waals surface area contributed by atoms with E-state index >= 15 is 0 Å². The number of thiophene rings is 1. The Morgan fingerprint density at radius 1 is 1.26 bits per heavy atom. The van der Waals surface area contributed by atoms with Crippen LogP contribution in [0.2, 0.25) is 5.02 Å². The SMILES string of the molecule is CN=C(NCc1ccc(S(N)(=O)=O)s1)NCC(C)(C)Cc1cccc(Cl)c1. The molecule has 0 saturated heterocycles. The van der Waals surface area contributed by atoms with Gasteiger partial charge >= 0.3 is 0 Å². The number of rotatable bonds is 7. The third-order valence-corrected chi connectivity index (χ3v) is 6.64. The summed E-state index contributed by atoms with van der Waals surface area (Å²) in [6, 6.07) is 11.1. The molecule has 1 aromatic carbocycles. The second-order valence-electron chi connectivity index (χ2n) is 7.02. The smallest absolute Gasteiger partial charge is 0.247 e. The Balaban J connectivity index is 1.88. The highest BCUT2D eigenvalue weighted by Crippen LogP contribution is 2.23. The van der Waals surface area contributed by atoms with E-state index in [-0.39, 0.29) is 9.62 Å². The first-order chi connectivity index (χ1) is 12.6. The Labute approximate surface area is 169 Å². The van der Waals surface area contributed by atoms with E-state index < -0.39 is 10.0 Å². The zero-order valence-corrected chi connectivity index (χ0v) is 18.0. The number of hydrogen-bond acceptors (Lipinski definition) is 4. The minimum absolute atomic E-state index is 0.00791. The number of nitrogens with two attached hydrogens (primary N) is 1. The molecule has 2 aromatic rings. The summed E-state index contributed by atoms with van der Waals surface area (Å²) < 4.78 is 22.9. The number of nitrogens with one attached hydrogen (secondary N) is 2. The van der Waals surface area contributed by atoms with Gasteiger partial charge in [-0.3, -0.25) is 4.99 Å². The Bertz CT molecular complexity index is 908. The molecule has 27 heavy (non-hydrogen) atoms. The summed E-state index contributed by atoms with van der Waals surface area (Å²) in [5.74, 6) is 0.653. The summed E-state index contributed by atoms with van der Waals surface area (Å²) in [4.78, 5) is 5.08. The first kappa shape index (κ1) is 21.7. The summed E-state index contributed by atoms with van der Waals surface area (Å²) in [6.07, 6.45) is 0.875. The maximum atomic E-state index is 11.3. The lowest BCUT2D eigenvalue weighted by molar-refractivity contribution is 0.359. The van der Waals surface area contributed by atoms with Gasteiger partial charge in [0.05, 0.1) is 6.54 Å². The third-order valence-electron chi connectivity index (χ3n) is 3.88. The van der Waals surface area contributed by atoms with Crippen LogP contribution in [0.5, 0.6) is 0 Å². The molecule has 9 heteroatoms. The number of hydrogen-bond donors (Lipinski definition) is 3. The van der Waals surface area contributed by atoms with Crippen molar-refractivity contribution in [2.45, 2.75) is 31.0 Å². The molecule has 0 unspecified atom stereocenters. The van der Waals surface area contributed by atoms with Crippen LogP contribution in [0.3, 0.4) is 0 Å². The zero-order chi connectivity index (χ0) is 20.1. The van der Waals surface area contributed by atoms with Gasteiger partial charge < -0.3 is 10.6 Å². The van der Waals surface area contributed by atoms with Gasteiger partial charge in [-0.15, -0.1) is 11.3 Å². The van der Waals surface area contributed by atoms with Crippen molar-refractivity contribution in [1.82, 2.24) is 10.6 Å². The largest absolute Gasteiger partial charge is 0.356 e. The summed E-state index contributed by atoms with van der Waals surface area (Å²) >= 11 is 7.21. The van der Waals surface area contributed by atoms with Crippen molar-refractivity contribution >= 4 is 38.9 Å². The van der Waals surface area contributed by atoms with E-state index in [9.17, 15) is 8.42 Å². The van der Waals surface area contributed by atoms with Crippen molar-refractivity contribution in [1.29, 1.82) is 0 Å². The Kier molecular flexibility index (Phi) is 7.27. The lowest BCUT2D eigenvalue weighted by atomic mass is 9.86. The number of guanidine groups is 1. The molecule has 148 valence electrons. The minimum Gasteiger partial charge on any atom is -0.356 e. The van der Waals surface area contributed by atoms with Crippen molar-refractivity contribution in [2.24, 2.45) is 15.5 Å². The highest BCUT2D eigenvalue weighted by molar-refractivity contribution is 7.91. The first-order valence-corrected chi connectivity index (χ1v) is 11.1. The predicted octanol–water partition coefficient (Wildman–Crippen LogP) is 2.98. The molecular weight excluding hydrogens is 404 g/mol. The van der Waals surface area contributed by atoms with E-state index in [1.54, 1.807) is 13.1 Å². The molecule has 1 aromatic heterocycles. The van der Waals surface area contributed by atoms with Crippen LogP contribution in [0.4, 0.5) is 0 Å². The highest BCUT2D eigenvalue weighted by Gasteiger charge is 2.19. The van der Waals surface area contributed by atoms with Crippen LogP contribution < -0.4 is 15.8 Å². The van der Waals surface area contributed by atoms with Crippen LogP contribution in [0, 0.1) is 5.41 Å². The topological polar surface area (TPSA) is 96.6 Å². The predicted molar refractivity (Wildman–Crippen MR) is 113 cm³/mol. The normalized spacial score (nSPS) is 12.9. The second kappa shape index (κ2) is 9.05. The summed E-state index contributed by atoms with van der Waals surface area (Å²) in [7, 11) is -1.96. The lowest BCUT2D eigenvalue weighted by Gasteiger charge is -2.26. The molecule has 0 fully saturated rings. The van der Waals surface area contributed by atoms with Gasteiger partial charge in [0.2, 0.25) is 10.0 Å². The Hall–Kier alpha value is -1.61. The number of sulfonamides is 1. The Morgan fingerprint density at radius 3 is 2.59 bits per heavy atom. The molecule has 2 rings (SSSR count). The average Bonchev–Trinajstić information content (AvgIpc) is 3.04. The van der Waals surface area contributed by atoms with Gasteiger partial charge in [0, 0.05) is 23.5 Å². The molecule has 6 nitrogen and oxygen atoms in total. The van der Waals surface area contributed by atoms with Crippen LogP contribution in [0.15, 0.2) is 45.6 Å². The van der Waals surface area contributed by atoms with E-state index in [4.69, 9.17) is 16.7 Å². The molecule has 0 spiro atoms. The molecule has 0 saturated carbocycles.